The van der Waals surface area contributed by atoms with E-state index < -0.39 is 29.2 Å². The number of hydrogen-bond acceptors (Lipinski definition) is 12. The minimum absolute atomic E-state index is 0. The molecule has 2 amide bonds. The number of oxime groups is 1. The summed E-state index contributed by atoms with van der Waals surface area (Å²) in [5.74, 6) is -2.53. The van der Waals surface area contributed by atoms with Gasteiger partial charge in [0.2, 0.25) is 11.5 Å². The zero-order chi connectivity index (χ0) is 24.7. The number of imidazole rings is 1. The fourth-order valence-electron chi connectivity index (χ4n) is 3.89. The van der Waals surface area contributed by atoms with Crippen molar-refractivity contribution in [3.63, 3.8) is 0 Å². The Bertz CT molecular complexity index is 1420. The summed E-state index contributed by atoms with van der Waals surface area (Å²) in [6.45, 7) is 0.230. The van der Waals surface area contributed by atoms with Gasteiger partial charge in [-0.3, -0.25) is 14.5 Å². The average molecular weight is 552 g/mol. The Balaban J connectivity index is 0.00000304. The highest BCUT2D eigenvalue weighted by Gasteiger charge is 2.53. The SMILES string of the molecule is CO/N=C(\C(=O)NC1C(=O)N2C(C(=O)[O-])=C(C[n+]3ccn4ncccc43)CS[C@H]12)c1nsc(N)n1.Cl. The summed E-state index contributed by atoms with van der Waals surface area (Å²) < 4.78 is 7.43. The monoisotopic (exact) mass is 551 g/mol. The van der Waals surface area contributed by atoms with Gasteiger partial charge >= 0.3 is 5.65 Å². The molecule has 3 aromatic heterocycles. The Morgan fingerprint density at radius 2 is 2.25 bits per heavy atom. The van der Waals surface area contributed by atoms with Crippen molar-refractivity contribution in [2.75, 3.05) is 18.6 Å². The lowest BCUT2D eigenvalue weighted by Gasteiger charge is -2.50. The molecule has 2 aliphatic heterocycles. The van der Waals surface area contributed by atoms with Gasteiger partial charge in [0.15, 0.2) is 11.3 Å². The van der Waals surface area contributed by atoms with Gasteiger partial charge in [0.25, 0.3) is 11.8 Å². The number of rotatable bonds is 7. The smallest absolute Gasteiger partial charge is 0.307 e. The molecule has 1 saturated heterocycles. The maximum Gasteiger partial charge on any atom is 0.307 e. The zero-order valence-electron chi connectivity index (χ0n) is 18.4. The number of nitrogens with zero attached hydrogens (tertiary/aromatic N) is 7. The molecule has 0 bridgehead atoms. The number of aromatic nitrogens is 5. The van der Waals surface area contributed by atoms with Crippen LogP contribution in [0.25, 0.3) is 5.65 Å². The Hall–Kier alpha value is -3.76. The van der Waals surface area contributed by atoms with Crippen molar-refractivity contribution in [1.82, 2.24) is 29.2 Å². The number of amides is 2. The predicted octanol–water partition coefficient (Wildman–Crippen LogP) is -2.07. The van der Waals surface area contributed by atoms with Crippen LogP contribution in [0.3, 0.4) is 0 Å². The summed E-state index contributed by atoms with van der Waals surface area (Å²) in [4.78, 5) is 47.6. The van der Waals surface area contributed by atoms with Crippen molar-refractivity contribution >= 4 is 70.0 Å². The number of thioether (sulfide) groups is 1. The maximum absolute atomic E-state index is 13.0. The molecular weight excluding hydrogens is 534 g/mol. The molecule has 188 valence electrons. The van der Waals surface area contributed by atoms with Crippen LogP contribution in [0.2, 0.25) is 0 Å². The van der Waals surface area contributed by atoms with Crippen LogP contribution in [0.4, 0.5) is 5.13 Å². The molecule has 17 heteroatoms. The van der Waals surface area contributed by atoms with Crippen molar-refractivity contribution in [1.29, 1.82) is 0 Å². The van der Waals surface area contributed by atoms with Gasteiger partial charge in [0.05, 0.1) is 17.9 Å². The first-order valence-electron chi connectivity index (χ1n) is 10.1. The highest BCUT2D eigenvalue weighted by molar-refractivity contribution is 8.00. The summed E-state index contributed by atoms with van der Waals surface area (Å²) in [5.41, 5.74) is 6.39. The molecule has 3 aromatic rings. The first-order valence-corrected chi connectivity index (χ1v) is 11.9. The lowest BCUT2D eigenvalue weighted by atomic mass is 10.0. The first kappa shape index (κ1) is 25.3. The minimum atomic E-state index is -1.46. The van der Waals surface area contributed by atoms with E-state index in [0.29, 0.717) is 11.3 Å². The van der Waals surface area contributed by atoms with Crippen LogP contribution in [0.15, 0.2) is 47.1 Å². The Labute approximate surface area is 217 Å². The van der Waals surface area contributed by atoms with Gasteiger partial charge < -0.3 is 25.8 Å². The number of halogens is 1. The van der Waals surface area contributed by atoms with Gasteiger partial charge in [0, 0.05) is 28.9 Å². The second kappa shape index (κ2) is 10.1. The van der Waals surface area contributed by atoms with Gasteiger partial charge in [-0.25, -0.2) is 4.57 Å². The summed E-state index contributed by atoms with van der Waals surface area (Å²) in [7, 11) is 1.25. The van der Waals surface area contributed by atoms with Crippen LogP contribution in [-0.4, -0.2) is 71.6 Å². The molecule has 1 unspecified atom stereocenters. The van der Waals surface area contributed by atoms with E-state index in [1.807, 2.05) is 10.6 Å². The quantitative estimate of drug-likeness (QED) is 0.143. The molecule has 5 rings (SSSR count). The number of fused-ring (bicyclic) bond motifs is 2. The molecule has 0 spiro atoms. The van der Waals surface area contributed by atoms with Gasteiger partial charge in [-0.05, 0) is 6.07 Å². The van der Waals surface area contributed by atoms with Crippen LogP contribution in [0.5, 0.6) is 0 Å². The summed E-state index contributed by atoms with van der Waals surface area (Å²) >= 11 is 2.21. The number of aliphatic carboxylic acids is 1. The molecule has 14 nitrogen and oxygen atoms in total. The van der Waals surface area contributed by atoms with Gasteiger partial charge in [-0.15, -0.1) is 28.7 Å². The highest BCUT2D eigenvalue weighted by Crippen LogP contribution is 2.40. The van der Waals surface area contributed by atoms with E-state index in [-0.39, 0.29) is 41.3 Å². The zero-order valence-corrected chi connectivity index (χ0v) is 20.9. The van der Waals surface area contributed by atoms with Gasteiger partial charge in [0.1, 0.15) is 31.3 Å². The second-order valence-corrected chi connectivity index (χ2v) is 9.32. The summed E-state index contributed by atoms with van der Waals surface area (Å²) in [6, 6.07) is 2.64. The van der Waals surface area contributed by atoms with E-state index in [2.05, 4.69) is 24.9 Å². The highest BCUT2D eigenvalue weighted by atomic mass is 35.5. The second-order valence-electron chi connectivity index (χ2n) is 7.43. The van der Waals surface area contributed by atoms with E-state index in [1.54, 1.807) is 29.2 Å². The number of carbonyl (C=O) groups is 3. The lowest BCUT2D eigenvalue weighted by molar-refractivity contribution is -0.662. The van der Waals surface area contributed by atoms with E-state index in [0.717, 1.165) is 22.1 Å². The number of anilines is 1. The topological polar surface area (TPSA) is 184 Å². The Morgan fingerprint density at radius 1 is 1.44 bits per heavy atom. The molecule has 0 radical (unpaired) electrons. The van der Waals surface area contributed by atoms with Crippen LogP contribution in [0.1, 0.15) is 5.82 Å². The average Bonchev–Trinajstić information content (AvgIpc) is 3.46. The van der Waals surface area contributed by atoms with Crippen molar-refractivity contribution in [3.8, 4) is 0 Å². The first-order chi connectivity index (χ1) is 16.9. The fourth-order valence-corrected chi connectivity index (χ4v) is 5.66. The van der Waals surface area contributed by atoms with Crippen LogP contribution in [-0.2, 0) is 25.8 Å². The van der Waals surface area contributed by atoms with E-state index in [9.17, 15) is 19.5 Å². The number of carbonyl (C=O) groups excluding carboxylic acids is 3. The molecule has 0 aliphatic carbocycles. The molecule has 3 N–H and O–H groups in total. The normalized spacial score (nSPS) is 19.4. The minimum Gasteiger partial charge on any atom is -0.543 e. The van der Waals surface area contributed by atoms with E-state index >= 15 is 0 Å². The maximum atomic E-state index is 13.0. The van der Waals surface area contributed by atoms with Crippen LogP contribution < -0.4 is 20.7 Å². The third-order valence-corrected chi connectivity index (χ3v) is 7.26. The molecular formula is C19H18ClN9O5S2. The third kappa shape index (κ3) is 4.33. The number of carboxylic acid groups (broad SMARTS) is 1. The summed E-state index contributed by atoms with van der Waals surface area (Å²) in [6.07, 6.45) is 5.16. The molecule has 0 saturated carbocycles. The number of β-lactam (4-membered cyclic amide) rings is 1. The third-order valence-electron chi connectivity index (χ3n) is 5.38. The summed E-state index contributed by atoms with van der Waals surface area (Å²) in [5, 5.41) is 22.0. The van der Waals surface area contributed by atoms with Crippen molar-refractivity contribution < 1.29 is 28.9 Å². The van der Waals surface area contributed by atoms with Crippen LogP contribution in [0, 0.1) is 0 Å². The number of nitrogens with two attached hydrogens (primary N) is 1. The molecule has 36 heavy (non-hydrogen) atoms. The van der Waals surface area contributed by atoms with E-state index in [1.165, 1.54) is 18.9 Å². The molecule has 5 heterocycles. The number of hydrogen-bond donors (Lipinski definition) is 2. The number of nitrogen functional groups attached to an aromatic ring is 1. The van der Waals surface area contributed by atoms with Crippen molar-refractivity contribution in [3.05, 3.63) is 47.8 Å². The Kier molecular flexibility index (Phi) is 7.09. The molecule has 2 aliphatic rings. The molecule has 1 fully saturated rings. The number of nitrogens with one attached hydrogen (secondary N) is 1. The van der Waals surface area contributed by atoms with E-state index in [4.69, 9.17) is 10.6 Å². The standard InChI is InChI=1S/C19H17N9O5S2.ClH/c1-33-24-11(14-23-19(20)35-25-14)15(29)22-12-16(30)28-13(18(31)32)9(8-34-17(12)28)7-26-5-6-27-10(26)3-2-4-21-27;/h2-6,12,17H,7-8H2,1H3,(H3-,20,22,23,25,29,31,32);1H/b24-11-;/t12?,17-;/m1./s1. The molecule has 0 aromatic carbocycles. The fraction of sp³-hybridized carbons (Fsp3) is 0.263. The Morgan fingerprint density at radius 3 is 2.94 bits per heavy atom. The lowest BCUT2D eigenvalue weighted by Crippen LogP contribution is -2.71. The van der Waals surface area contributed by atoms with Crippen molar-refractivity contribution in [2.24, 2.45) is 5.16 Å². The predicted molar refractivity (Wildman–Crippen MR) is 128 cm³/mol. The van der Waals surface area contributed by atoms with Crippen molar-refractivity contribution in [2.45, 2.75) is 18.0 Å². The van der Waals surface area contributed by atoms with Gasteiger partial charge in [-0.2, -0.15) is 9.36 Å². The van der Waals surface area contributed by atoms with Gasteiger partial charge in [-0.1, -0.05) is 10.3 Å². The number of carboxylic acids is 1. The largest absolute Gasteiger partial charge is 0.543 e. The van der Waals surface area contributed by atoms with Crippen LogP contribution >= 0.6 is 35.7 Å². The molecule has 2 atom stereocenters.